The van der Waals surface area contributed by atoms with Crippen molar-refractivity contribution in [2.45, 2.75) is 9.79 Å². The van der Waals surface area contributed by atoms with Gasteiger partial charge in [-0.1, -0.05) is 18.2 Å². The van der Waals surface area contributed by atoms with Gasteiger partial charge in [0.15, 0.2) is 5.75 Å². The lowest BCUT2D eigenvalue weighted by Gasteiger charge is -2.11. The zero-order valence-corrected chi connectivity index (χ0v) is 27.2. The fraction of sp³-hybridized carbons (Fsp3) is 0. The molecule has 0 aliphatic heterocycles. The molecule has 0 bridgehead atoms. The van der Waals surface area contributed by atoms with Gasteiger partial charge in [0.25, 0.3) is 20.2 Å². The second kappa shape index (κ2) is 14.1. The summed E-state index contributed by atoms with van der Waals surface area (Å²) in [6, 6.07) is 33.8. The molecule has 0 aromatic heterocycles. The van der Waals surface area contributed by atoms with Gasteiger partial charge in [-0.3, -0.25) is 9.11 Å². The van der Waals surface area contributed by atoms with Crippen molar-refractivity contribution in [2.24, 2.45) is 30.7 Å². The number of azo groups is 3. The normalized spacial score (nSPS) is 12.4. The van der Waals surface area contributed by atoms with E-state index in [0.717, 1.165) is 5.69 Å². The van der Waals surface area contributed by atoms with Crippen LogP contribution in [0, 0.1) is 0 Å². The van der Waals surface area contributed by atoms with Gasteiger partial charge in [-0.25, -0.2) is 0 Å². The minimum absolute atomic E-state index is 0.243. The monoisotopic (exact) mass is 707 g/mol. The molecule has 4 N–H and O–H groups in total. The van der Waals surface area contributed by atoms with Crippen molar-refractivity contribution in [1.29, 1.82) is 0 Å². The van der Waals surface area contributed by atoms with Crippen LogP contribution in [0.1, 0.15) is 0 Å². The summed E-state index contributed by atoms with van der Waals surface area (Å²) in [4.78, 5) is -0.844. The van der Waals surface area contributed by atoms with Crippen molar-refractivity contribution >= 4 is 76.5 Å². The molecule has 16 heteroatoms. The average molecular weight is 708 g/mol. The first-order valence-electron chi connectivity index (χ1n) is 14.5. The lowest BCUT2D eigenvalue weighted by atomic mass is 10.1. The van der Waals surface area contributed by atoms with Crippen LogP contribution in [-0.4, -0.2) is 31.0 Å². The van der Waals surface area contributed by atoms with Crippen LogP contribution in [0.2, 0.25) is 0 Å². The van der Waals surface area contributed by atoms with Gasteiger partial charge in [-0.05, 0) is 115 Å². The summed E-state index contributed by atoms with van der Waals surface area (Å²) >= 11 is 0. The fourth-order valence-corrected chi connectivity index (χ4v) is 5.74. The number of nitrogens with one attached hydrogen (secondary N) is 1. The summed E-state index contributed by atoms with van der Waals surface area (Å²) in [5.41, 5.74) is 3.26. The van der Waals surface area contributed by atoms with Crippen LogP contribution < -0.4 is 5.32 Å². The summed E-state index contributed by atoms with van der Waals surface area (Å²) in [7, 11) is -9.08. The summed E-state index contributed by atoms with van der Waals surface area (Å²) in [5.74, 6) is -0.461. The fourth-order valence-electron chi connectivity index (χ4n) is 4.61. The molecule has 0 saturated heterocycles. The van der Waals surface area contributed by atoms with E-state index in [1.807, 2.05) is 30.3 Å². The maximum absolute atomic E-state index is 12.3. The number of nitrogens with zero attached hydrogens (tertiary/aromatic N) is 6. The SMILES string of the molecule is O=S(=O)(O)c1ccc(N=Nc2ccc(N=Nc3ccc(N=Nc4c(S(=O)(=O)O)cc5cc(Nc6ccccc6)ccc5c4O)cc3)cc2)cc1. The highest BCUT2D eigenvalue weighted by molar-refractivity contribution is 7.86. The van der Waals surface area contributed by atoms with Gasteiger partial charge >= 0.3 is 0 Å². The Morgan fingerprint density at radius 2 is 0.940 bits per heavy atom. The van der Waals surface area contributed by atoms with Crippen LogP contribution in [0.4, 0.5) is 45.5 Å². The molecular weight excluding hydrogens is 683 g/mol. The van der Waals surface area contributed by atoms with E-state index in [1.54, 1.807) is 66.7 Å². The highest BCUT2D eigenvalue weighted by Crippen LogP contribution is 2.42. The molecule has 0 heterocycles. The number of fused-ring (bicyclic) bond motifs is 1. The maximum atomic E-state index is 12.3. The molecule has 0 spiro atoms. The molecule has 250 valence electrons. The van der Waals surface area contributed by atoms with Crippen LogP contribution in [0.25, 0.3) is 10.8 Å². The predicted octanol–water partition coefficient (Wildman–Crippen LogP) is 10.0. The number of anilines is 2. The third kappa shape index (κ3) is 8.26. The lowest BCUT2D eigenvalue weighted by Crippen LogP contribution is -1.99. The van der Waals surface area contributed by atoms with Crippen LogP contribution in [0.3, 0.4) is 0 Å². The number of para-hydroxylation sites is 1. The quantitative estimate of drug-likeness (QED) is 0.0791. The van der Waals surface area contributed by atoms with Gasteiger partial charge in [-0.15, -0.1) is 5.11 Å². The Hall–Kier alpha value is -6.20. The Kier molecular flexibility index (Phi) is 9.51. The van der Waals surface area contributed by atoms with Crippen LogP contribution in [0.5, 0.6) is 5.75 Å². The van der Waals surface area contributed by atoms with E-state index in [-0.39, 0.29) is 4.90 Å². The first-order chi connectivity index (χ1) is 23.9. The number of hydrogen-bond acceptors (Lipinski definition) is 12. The first-order valence-corrected chi connectivity index (χ1v) is 17.4. The minimum atomic E-state index is -4.79. The van der Waals surface area contributed by atoms with E-state index in [2.05, 4.69) is 36.0 Å². The predicted molar refractivity (Wildman–Crippen MR) is 187 cm³/mol. The van der Waals surface area contributed by atoms with Crippen LogP contribution in [-0.2, 0) is 20.2 Å². The van der Waals surface area contributed by atoms with E-state index in [0.29, 0.717) is 44.9 Å². The molecule has 6 aromatic carbocycles. The molecule has 0 atom stereocenters. The van der Waals surface area contributed by atoms with Crippen molar-refractivity contribution in [3.8, 4) is 5.75 Å². The van der Waals surface area contributed by atoms with Crippen LogP contribution in [0.15, 0.2) is 168 Å². The molecule has 0 aliphatic rings. The average Bonchev–Trinajstić information content (AvgIpc) is 3.10. The van der Waals surface area contributed by atoms with E-state index < -0.39 is 36.6 Å². The van der Waals surface area contributed by atoms with Gasteiger partial charge in [0.1, 0.15) is 10.6 Å². The molecule has 6 aromatic rings. The Morgan fingerprint density at radius 1 is 0.480 bits per heavy atom. The molecule has 14 nitrogen and oxygen atoms in total. The standard InChI is InChI=1S/C34H25N7O7S2/c42-34-31-19-16-29(35-23-4-2-1-3-5-23)20-22(31)21-32(50(46,47)48)33(34)41-40-27-12-10-26(11-13-27)37-36-24-6-8-25(9-7-24)38-39-28-14-17-30(18-15-28)49(43,44)45/h1-21,35,42H,(H,43,44,45)(H,46,47,48). The maximum Gasteiger partial charge on any atom is 0.296 e. The smallest absolute Gasteiger partial charge is 0.296 e. The molecule has 0 unspecified atom stereocenters. The highest BCUT2D eigenvalue weighted by Gasteiger charge is 2.22. The zero-order chi connectivity index (χ0) is 35.3. The number of hydrogen-bond donors (Lipinski definition) is 4. The number of phenols is 1. The van der Waals surface area contributed by atoms with Crippen molar-refractivity contribution < 1.29 is 31.0 Å². The molecule has 50 heavy (non-hydrogen) atoms. The topological polar surface area (TPSA) is 215 Å². The number of rotatable bonds is 10. The summed E-state index contributed by atoms with van der Waals surface area (Å²) < 4.78 is 65.9. The molecular formula is C34H25N7O7S2. The number of aromatic hydroxyl groups is 1. The van der Waals surface area contributed by atoms with Crippen molar-refractivity contribution in [3.63, 3.8) is 0 Å². The zero-order valence-electron chi connectivity index (χ0n) is 25.6. The third-order valence-electron chi connectivity index (χ3n) is 7.05. The summed E-state index contributed by atoms with van der Waals surface area (Å²) in [6.07, 6.45) is 0. The Balaban J connectivity index is 1.14. The van der Waals surface area contributed by atoms with Crippen molar-refractivity contribution in [3.05, 3.63) is 127 Å². The van der Waals surface area contributed by atoms with Crippen molar-refractivity contribution in [1.82, 2.24) is 0 Å². The Bertz CT molecular complexity index is 2490. The second-order valence-electron chi connectivity index (χ2n) is 10.6. The van der Waals surface area contributed by atoms with E-state index in [1.165, 1.54) is 30.3 Å². The minimum Gasteiger partial charge on any atom is -0.505 e. The molecule has 0 fully saturated rings. The van der Waals surface area contributed by atoms with Gasteiger partial charge < -0.3 is 10.4 Å². The number of phenolic OH excluding ortho intramolecular Hbond substituents is 1. The molecule has 0 radical (unpaired) electrons. The first kappa shape index (κ1) is 33.7. The van der Waals surface area contributed by atoms with Crippen molar-refractivity contribution in [2.75, 3.05) is 5.32 Å². The lowest BCUT2D eigenvalue weighted by molar-refractivity contribution is 0.472. The largest absolute Gasteiger partial charge is 0.505 e. The number of benzene rings is 6. The van der Waals surface area contributed by atoms with E-state index in [9.17, 15) is 26.5 Å². The molecule has 0 aliphatic carbocycles. The molecule has 6 rings (SSSR count). The Morgan fingerprint density at radius 3 is 1.40 bits per heavy atom. The van der Waals surface area contributed by atoms with Gasteiger partial charge in [-0.2, -0.15) is 42.4 Å². The van der Waals surface area contributed by atoms with Gasteiger partial charge in [0, 0.05) is 16.8 Å². The summed E-state index contributed by atoms with van der Waals surface area (Å²) in [5, 5.41) is 39.4. The Labute approximate surface area is 285 Å². The highest BCUT2D eigenvalue weighted by atomic mass is 32.2. The van der Waals surface area contributed by atoms with Gasteiger partial charge in [0.2, 0.25) is 0 Å². The van der Waals surface area contributed by atoms with Crippen LogP contribution >= 0.6 is 0 Å². The van der Waals surface area contributed by atoms with E-state index in [4.69, 9.17) is 4.55 Å². The second-order valence-corrected chi connectivity index (χ2v) is 13.4. The molecule has 0 saturated carbocycles. The third-order valence-corrected chi connectivity index (χ3v) is 8.79. The molecule has 0 amide bonds. The van der Waals surface area contributed by atoms with Gasteiger partial charge in [0.05, 0.1) is 33.3 Å². The summed E-state index contributed by atoms with van der Waals surface area (Å²) in [6.45, 7) is 0. The van der Waals surface area contributed by atoms with E-state index >= 15 is 0 Å².